The van der Waals surface area contributed by atoms with Crippen LogP contribution in [0.4, 0.5) is 0 Å². The van der Waals surface area contributed by atoms with Gasteiger partial charge in [0, 0.05) is 18.6 Å². The Hall–Kier alpha value is -7.48. The number of carbonyl (C=O) groups excluding carboxylic acids is 10. The Morgan fingerprint density at radius 2 is 1.03 bits per heavy atom. The van der Waals surface area contributed by atoms with Crippen molar-refractivity contribution in [3.63, 3.8) is 0 Å². The van der Waals surface area contributed by atoms with Crippen LogP contribution >= 0.6 is 21.6 Å². The van der Waals surface area contributed by atoms with Crippen LogP contribution in [0.3, 0.4) is 0 Å². The van der Waals surface area contributed by atoms with E-state index < -0.39 is 133 Å². The number of hydrogen-bond donors (Lipinski definition) is 7. The third-order valence-corrected chi connectivity index (χ3v) is 14.0. The second kappa shape index (κ2) is 24.8. The zero-order valence-corrected chi connectivity index (χ0v) is 42.5. The molecule has 26 heteroatoms. The molecule has 7 N–H and O–H groups in total. The number of hydrogen-bond acceptors (Lipinski definition) is 18. The molecule has 2 saturated heterocycles. The number of carbonyl (C=O) groups is 10. The molecule has 2 aliphatic rings. The minimum absolute atomic E-state index is 0.174. The predicted octanol–water partition coefficient (Wildman–Crippen LogP) is -0.432. The fourth-order valence-electron chi connectivity index (χ4n) is 7.26. The third kappa shape index (κ3) is 14.1. The van der Waals surface area contributed by atoms with Crippen molar-refractivity contribution in [1.82, 2.24) is 62.1 Å². The molecule has 0 aliphatic carbocycles. The summed E-state index contributed by atoms with van der Waals surface area (Å²) < 4.78 is 11.2. The topological polar surface area (TPSA) is 328 Å². The number of benzene rings is 2. The van der Waals surface area contributed by atoms with E-state index in [-0.39, 0.29) is 22.9 Å². The molecular formula is C47H56N12O12S2. The second-order valence-electron chi connectivity index (χ2n) is 17.8. The quantitative estimate of drug-likeness (QED) is 0.0952. The van der Waals surface area contributed by atoms with Gasteiger partial charge in [0.25, 0.3) is 11.8 Å². The largest absolute Gasteiger partial charge is 0.461 e. The third-order valence-electron chi connectivity index (χ3n) is 11.6. The minimum atomic E-state index is -1.65. The summed E-state index contributed by atoms with van der Waals surface area (Å²) in [5.41, 5.74) is 1.36. The van der Waals surface area contributed by atoms with Gasteiger partial charge < -0.3 is 51.6 Å². The number of esters is 2. The van der Waals surface area contributed by atoms with Crippen LogP contribution in [0.25, 0.3) is 22.1 Å². The zero-order valence-electron chi connectivity index (χ0n) is 40.8. The maximum atomic E-state index is 14.4. The predicted molar refractivity (Wildman–Crippen MR) is 266 cm³/mol. The summed E-state index contributed by atoms with van der Waals surface area (Å²) >= 11 is 0. The lowest BCUT2D eigenvalue weighted by Crippen LogP contribution is -2.60. The highest BCUT2D eigenvalue weighted by molar-refractivity contribution is 8.76. The van der Waals surface area contributed by atoms with E-state index in [2.05, 4.69) is 57.2 Å². The van der Waals surface area contributed by atoms with Crippen molar-refractivity contribution in [3.8, 4) is 0 Å². The minimum Gasteiger partial charge on any atom is -0.461 e. The molecule has 2 aromatic carbocycles. The highest BCUT2D eigenvalue weighted by atomic mass is 33.1. The molecule has 2 bridgehead atoms. The number of nitrogens with zero attached hydrogens (tertiary/aromatic N) is 5. The van der Waals surface area contributed by atoms with E-state index in [0.29, 0.717) is 22.1 Å². The highest BCUT2D eigenvalue weighted by Crippen LogP contribution is 2.26. The fourth-order valence-corrected chi connectivity index (χ4v) is 9.70. The first-order chi connectivity index (χ1) is 34.7. The zero-order chi connectivity index (χ0) is 53.1. The van der Waals surface area contributed by atoms with Crippen LogP contribution in [0.5, 0.6) is 0 Å². The molecule has 8 atom stereocenters. The molecule has 6 rings (SSSR count). The Labute approximate surface area is 426 Å². The van der Waals surface area contributed by atoms with E-state index in [1.54, 1.807) is 76.2 Å². The first-order valence-corrected chi connectivity index (χ1v) is 25.6. The van der Waals surface area contributed by atoms with E-state index >= 15 is 0 Å². The van der Waals surface area contributed by atoms with Gasteiger partial charge in [0.15, 0.2) is 0 Å². The summed E-state index contributed by atoms with van der Waals surface area (Å²) in [4.78, 5) is 158. The van der Waals surface area contributed by atoms with Gasteiger partial charge in [0.1, 0.15) is 72.9 Å². The van der Waals surface area contributed by atoms with Gasteiger partial charge in [-0.3, -0.25) is 48.3 Å². The second-order valence-corrected chi connectivity index (χ2v) is 20.4. The number of likely N-dealkylation sites (N-methyl/N-ethyl adjacent to an activating group) is 1. The number of nitrogens with one attached hydrogen (secondary N) is 7. The smallest absolute Gasteiger partial charge is 0.328 e. The van der Waals surface area contributed by atoms with Crippen molar-refractivity contribution in [2.75, 3.05) is 31.8 Å². The Bertz CT molecular complexity index is 2780. The monoisotopic (exact) mass is 1040 g/mol. The maximum Gasteiger partial charge on any atom is 0.328 e. The molecule has 0 unspecified atom stereocenters. The van der Waals surface area contributed by atoms with Gasteiger partial charge in [-0.2, -0.15) is 0 Å². The van der Waals surface area contributed by atoms with Gasteiger partial charge in [-0.25, -0.2) is 19.6 Å². The van der Waals surface area contributed by atoms with Crippen LogP contribution in [0.15, 0.2) is 60.9 Å². The molecule has 4 heterocycles. The first kappa shape index (κ1) is 54.8. The Kier molecular flexibility index (Phi) is 18.6. The molecule has 0 saturated carbocycles. The van der Waals surface area contributed by atoms with Crippen LogP contribution in [0, 0.1) is 11.8 Å². The molecule has 388 valence electrons. The summed E-state index contributed by atoms with van der Waals surface area (Å²) in [6, 6.07) is 1.85. The molecule has 0 radical (unpaired) electrons. The lowest BCUT2D eigenvalue weighted by Gasteiger charge is -2.32. The Morgan fingerprint density at radius 3 is 1.51 bits per heavy atom. The van der Waals surface area contributed by atoms with Gasteiger partial charge in [0.05, 0.1) is 34.5 Å². The lowest BCUT2D eigenvalue weighted by molar-refractivity contribution is -0.152. The molecule has 4 aromatic rings. The number of para-hydroxylation sites is 4. The SMILES string of the molecule is CC(C)[C@@H]1NC(=O)[C@@H]2CSSC[C@@H](C(=O)N[C@@H](C(C)C)C(=O)OC[C@H](NC(=O)c3cnc4ccccc4n3)C(=O)N[C@@H](C)C(=O)N2)N(C)C(=O)[C@H](C)NC(=O)[C@@H](NC(=O)c2cnc3ccccc3n2)COC1=O. The summed E-state index contributed by atoms with van der Waals surface area (Å²) in [7, 11) is 3.34. The fraction of sp³-hybridized carbons (Fsp3) is 0.447. The van der Waals surface area contributed by atoms with Gasteiger partial charge in [0.2, 0.25) is 35.4 Å². The average molecular weight is 1050 g/mol. The molecule has 0 spiro atoms. The van der Waals surface area contributed by atoms with Crippen LogP contribution in [0.2, 0.25) is 0 Å². The van der Waals surface area contributed by atoms with E-state index in [1.165, 1.54) is 33.3 Å². The number of rotatable bonds is 6. The molecular weight excluding hydrogens is 989 g/mol. The van der Waals surface area contributed by atoms with Crippen molar-refractivity contribution >= 4 is 103 Å². The molecule has 24 nitrogen and oxygen atoms in total. The van der Waals surface area contributed by atoms with Crippen LogP contribution in [0.1, 0.15) is 62.5 Å². The standard InChI is InChI=1S/C47H56N12O12S2/c1-22(2)36-46(68)70-19-33(55-40(62)31-17-49-27-13-9-11-15-29(27)53-31)42(64)51-25(6)45(67)59(7)35-21-73-72-20-34(43(65)57-36)56-38(60)24(5)50-41(63)32(18-71-47(69)37(23(3)4)58-44(35)66)54-39(61)30-16-48-26-12-8-10-14-28(26)52-30/h8-17,22-25,32-37H,18-21H2,1-7H3,(H,50,63)(H,51,64)(H,54,61)(H,55,62)(H,56,60)(H,57,65)(H,58,66)/t24-,25-,32-,33-,34-,35-,36-,37-/m0/s1. The van der Waals surface area contributed by atoms with Crippen molar-refractivity contribution < 1.29 is 57.4 Å². The van der Waals surface area contributed by atoms with E-state index in [1.807, 2.05) is 0 Å². The molecule has 2 aromatic heterocycles. The van der Waals surface area contributed by atoms with Gasteiger partial charge >= 0.3 is 11.9 Å². The maximum absolute atomic E-state index is 14.4. The van der Waals surface area contributed by atoms with Crippen LogP contribution < -0.4 is 37.2 Å². The van der Waals surface area contributed by atoms with Crippen molar-refractivity contribution in [2.24, 2.45) is 11.8 Å². The summed E-state index contributed by atoms with van der Waals surface area (Å²) in [6.45, 7) is 7.46. The number of ether oxygens (including phenoxy) is 2. The van der Waals surface area contributed by atoms with Crippen molar-refractivity contribution in [2.45, 2.75) is 89.9 Å². The summed E-state index contributed by atoms with van der Waals surface area (Å²) in [5, 5.41) is 17.8. The van der Waals surface area contributed by atoms with Crippen molar-refractivity contribution in [3.05, 3.63) is 72.3 Å². The molecule has 73 heavy (non-hydrogen) atoms. The average Bonchev–Trinajstić information content (AvgIpc) is 3.36. The summed E-state index contributed by atoms with van der Waals surface area (Å²) in [6.07, 6.45) is 2.38. The molecule has 2 aliphatic heterocycles. The normalized spacial score (nSPS) is 24.8. The Morgan fingerprint density at radius 1 is 0.589 bits per heavy atom. The van der Waals surface area contributed by atoms with Crippen molar-refractivity contribution in [1.29, 1.82) is 0 Å². The first-order valence-electron chi connectivity index (χ1n) is 23.1. The summed E-state index contributed by atoms with van der Waals surface area (Å²) in [5.74, 6) is -10.8. The number of aromatic nitrogens is 4. The highest BCUT2D eigenvalue weighted by Gasteiger charge is 2.38. The van der Waals surface area contributed by atoms with E-state index in [9.17, 15) is 47.9 Å². The van der Waals surface area contributed by atoms with E-state index in [4.69, 9.17) is 9.47 Å². The number of cyclic esters (lactones) is 2. The van der Waals surface area contributed by atoms with Gasteiger partial charge in [-0.05, 0) is 49.9 Å². The molecule has 2 fully saturated rings. The lowest BCUT2D eigenvalue weighted by atomic mass is 10.0. The Balaban J connectivity index is 1.33. The van der Waals surface area contributed by atoms with Crippen LogP contribution in [-0.4, -0.2) is 164 Å². The number of amides is 8. The number of fused-ring (bicyclic) bond motifs is 7. The molecule has 8 amide bonds. The van der Waals surface area contributed by atoms with E-state index in [0.717, 1.165) is 26.5 Å². The van der Waals surface area contributed by atoms with Gasteiger partial charge in [-0.15, -0.1) is 0 Å². The van der Waals surface area contributed by atoms with Crippen LogP contribution in [-0.2, 0) is 47.8 Å². The van der Waals surface area contributed by atoms with Gasteiger partial charge in [-0.1, -0.05) is 73.5 Å².